The molecule has 5 aromatic rings. The predicted molar refractivity (Wildman–Crippen MR) is 126 cm³/mol. The number of furan rings is 1. The van der Waals surface area contributed by atoms with Gasteiger partial charge in [0.05, 0.1) is 31.4 Å². The van der Waals surface area contributed by atoms with E-state index in [9.17, 15) is 9.90 Å². The number of amides is 1. The van der Waals surface area contributed by atoms with Crippen LogP contribution in [0.2, 0.25) is 0 Å². The van der Waals surface area contributed by atoms with E-state index in [2.05, 4.69) is 20.4 Å². The molecule has 0 aliphatic carbocycles. The number of benzene rings is 1. The van der Waals surface area contributed by atoms with Crippen molar-refractivity contribution in [1.29, 1.82) is 0 Å². The fraction of sp³-hybridized carbons (Fsp3) is 0.250. The molecule has 6 rings (SSSR count). The van der Waals surface area contributed by atoms with Crippen molar-refractivity contribution in [1.82, 2.24) is 29.5 Å². The number of nitrogens with one attached hydrogen (secondary N) is 1. The summed E-state index contributed by atoms with van der Waals surface area (Å²) in [6.07, 6.45) is 3.33. The SMILES string of the molecule is CC(C(=O)NCC1(O)COC1)(c1ccccc1)n1ccc2c1nc(N)n1nc(-c3ccco3)nc21. The van der Waals surface area contributed by atoms with Gasteiger partial charge in [0.2, 0.25) is 11.8 Å². The van der Waals surface area contributed by atoms with E-state index in [1.54, 1.807) is 36.1 Å². The van der Waals surface area contributed by atoms with Crippen molar-refractivity contribution in [3.8, 4) is 11.6 Å². The number of fused-ring (bicyclic) bond motifs is 3. The van der Waals surface area contributed by atoms with Crippen LogP contribution in [0.25, 0.3) is 28.3 Å². The van der Waals surface area contributed by atoms with Gasteiger partial charge in [-0.25, -0.2) is 4.98 Å². The number of nitrogens with zero attached hydrogens (tertiary/aromatic N) is 5. The van der Waals surface area contributed by atoms with Gasteiger partial charge in [-0.3, -0.25) is 4.79 Å². The summed E-state index contributed by atoms with van der Waals surface area (Å²) in [5.74, 6) is 0.699. The Hall–Kier alpha value is -4.22. The number of nitrogens with two attached hydrogens (primary N) is 1. The standard InChI is InChI=1S/C24H23N7O4/c1-23(15-6-3-2-4-7-15,21(32)26-12-24(33)13-34-14-24)30-10-9-16-19(30)28-22(25)31-20(16)27-18(29-31)17-8-5-11-35-17/h2-11,33H,12-14H2,1H3,(H2,25,28)(H,26,32). The van der Waals surface area contributed by atoms with Crippen LogP contribution in [0, 0.1) is 0 Å². The molecule has 1 aliphatic rings. The summed E-state index contributed by atoms with van der Waals surface area (Å²) >= 11 is 0. The van der Waals surface area contributed by atoms with Gasteiger partial charge in [-0.1, -0.05) is 30.3 Å². The van der Waals surface area contributed by atoms with Crippen LogP contribution in [0.3, 0.4) is 0 Å². The quantitative estimate of drug-likeness (QED) is 0.337. The van der Waals surface area contributed by atoms with Gasteiger partial charge in [0.25, 0.3) is 5.91 Å². The number of carbonyl (C=O) groups excluding carboxylic acids is 1. The van der Waals surface area contributed by atoms with Crippen LogP contribution < -0.4 is 11.1 Å². The van der Waals surface area contributed by atoms with Crippen molar-refractivity contribution < 1.29 is 19.1 Å². The molecule has 4 aromatic heterocycles. The molecule has 0 saturated carbocycles. The molecule has 11 heteroatoms. The zero-order chi connectivity index (χ0) is 24.2. The topological polar surface area (TPSA) is 146 Å². The van der Waals surface area contributed by atoms with Crippen molar-refractivity contribution in [2.45, 2.75) is 18.1 Å². The van der Waals surface area contributed by atoms with Crippen molar-refractivity contribution in [3.63, 3.8) is 0 Å². The highest BCUT2D eigenvalue weighted by atomic mass is 16.5. The number of hydrogen-bond acceptors (Lipinski definition) is 8. The molecule has 0 spiro atoms. The first-order chi connectivity index (χ1) is 16.9. The highest BCUT2D eigenvalue weighted by molar-refractivity contribution is 5.95. The Kier molecular flexibility index (Phi) is 4.66. The number of aliphatic hydroxyl groups is 1. The molecule has 35 heavy (non-hydrogen) atoms. The lowest BCUT2D eigenvalue weighted by Gasteiger charge is -2.38. The third-order valence-electron chi connectivity index (χ3n) is 6.47. The number of ether oxygens (including phenoxy) is 1. The second-order valence-electron chi connectivity index (χ2n) is 8.88. The summed E-state index contributed by atoms with van der Waals surface area (Å²) in [6.45, 7) is 2.24. The molecule has 1 atom stereocenters. The third kappa shape index (κ3) is 3.27. The first-order valence-corrected chi connectivity index (χ1v) is 11.1. The zero-order valence-corrected chi connectivity index (χ0v) is 18.9. The van der Waals surface area contributed by atoms with Gasteiger partial charge >= 0.3 is 0 Å². The average Bonchev–Trinajstić information content (AvgIpc) is 3.60. The molecular weight excluding hydrogens is 450 g/mol. The normalized spacial score (nSPS) is 16.7. The van der Waals surface area contributed by atoms with E-state index < -0.39 is 11.1 Å². The second-order valence-corrected chi connectivity index (χ2v) is 8.88. The number of anilines is 1. The van der Waals surface area contributed by atoms with E-state index in [0.29, 0.717) is 28.3 Å². The molecule has 1 fully saturated rings. The van der Waals surface area contributed by atoms with Gasteiger partial charge in [-0.15, -0.1) is 5.10 Å². The maximum atomic E-state index is 13.7. The molecule has 0 radical (unpaired) electrons. The lowest BCUT2D eigenvalue weighted by atomic mass is 9.90. The molecule has 0 bridgehead atoms. The van der Waals surface area contributed by atoms with E-state index in [1.807, 2.05) is 36.4 Å². The molecule has 1 saturated heterocycles. The summed E-state index contributed by atoms with van der Waals surface area (Å²) < 4.78 is 13.8. The third-order valence-corrected chi connectivity index (χ3v) is 6.47. The maximum Gasteiger partial charge on any atom is 0.250 e. The molecule has 5 heterocycles. The van der Waals surface area contributed by atoms with Crippen molar-refractivity contribution in [2.75, 3.05) is 25.5 Å². The molecular formula is C24H23N7O4. The van der Waals surface area contributed by atoms with Gasteiger partial charge in [0.1, 0.15) is 16.8 Å². The molecule has 1 amide bonds. The lowest BCUT2D eigenvalue weighted by Crippen LogP contribution is -2.59. The van der Waals surface area contributed by atoms with Crippen LogP contribution in [0.15, 0.2) is 65.4 Å². The van der Waals surface area contributed by atoms with E-state index >= 15 is 0 Å². The van der Waals surface area contributed by atoms with Gasteiger partial charge in [0, 0.05) is 6.20 Å². The Balaban J connectivity index is 1.50. The number of carbonyl (C=O) groups is 1. The van der Waals surface area contributed by atoms with E-state index in [-0.39, 0.29) is 31.6 Å². The van der Waals surface area contributed by atoms with Crippen molar-refractivity contribution in [3.05, 3.63) is 66.6 Å². The largest absolute Gasteiger partial charge is 0.461 e. The van der Waals surface area contributed by atoms with Crippen LogP contribution >= 0.6 is 0 Å². The Labute approximate surface area is 199 Å². The van der Waals surface area contributed by atoms with Gasteiger partial charge in [-0.05, 0) is 30.7 Å². The van der Waals surface area contributed by atoms with Crippen molar-refractivity contribution >= 4 is 28.5 Å². The highest BCUT2D eigenvalue weighted by Gasteiger charge is 2.42. The van der Waals surface area contributed by atoms with E-state index in [4.69, 9.17) is 14.9 Å². The average molecular weight is 473 g/mol. The van der Waals surface area contributed by atoms with Gasteiger partial charge in [-0.2, -0.15) is 9.50 Å². The molecule has 178 valence electrons. The Morgan fingerprint density at radius 2 is 1.97 bits per heavy atom. The maximum absolute atomic E-state index is 13.7. The second kappa shape index (κ2) is 7.65. The predicted octanol–water partition coefficient (Wildman–Crippen LogP) is 1.56. The molecule has 1 unspecified atom stereocenters. The number of rotatable bonds is 6. The van der Waals surface area contributed by atoms with E-state index in [0.717, 1.165) is 5.56 Å². The van der Waals surface area contributed by atoms with Crippen LogP contribution in [-0.4, -0.2) is 60.5 Å². The Morgan fingerprint density at radius 1 is 1.17 bits per heavy atom. The van der Waals surface area contributed by atoms with E-state index in [1.165, 1.54) is 4.52 Å². The Morgan fingerprint density at radius 3 is 2.66 bits per heavy atom. The summed E-state index contributed by atoms with van der Waals surface area (Å²) in [6, 6.07) is 14.7. The fourth-order valence-corrected chi connectivity index (χ4v) is 4.38. The molecule has 11 nitrogen and oxygen atoms in total. The fourth-order valence-electron chi connectivity index (χ4n) is 4.38. The molecule has 1 aliphatic heterocycles. The summed E-state index contributed by atoms with van der Waals surface area (Å²) in [4.78, 5) is 22.9. The first-order valence-electron chi connectivity index (χ1n) is 11.1. The highest BCUT2D eigenvalue weighted by Crippen LogP contribution is 2.33. The summed E-state index contributed by atoms with van der Waals surface area (Å²) in [5, 5.41) is 18.4. The smallest absolute Gasteiger partial charge is 0.250 e. The minimum absolute atomic E-state index is 0.0734. The van der Waals surface area contributed by atoms with Crippen molar-refractivity contribution in [2.24, 2.45) is 0 Å². The monoisotopic (exact) mass is 473 g/mol. The number of hydrogen-bond donors (Lipinski definition) is 3. The van der Waals surface area contributed by atoms with Gasteiger partial charge < -0.3 is 29.9 Å². The minimum atomic E-state index is -1.20. The van der Waals surface area contributed by atoms with Gasteiger partial charge in [0.15, 0.2) is 11.4 Å². The van der Waals surface area contributed by atoms with Crippen LogP contribution in [0.1, 0.15) is 12.5 Å². The molecule has 1 aromatic carbocycles. The minimum Gasteiger partial charge on any atom is -0.461 e. The lowest BCUT2D eigenvalue weighted by molar-refractivity contribution is -0.176. The Bertz CT molecular complexity index is 1540. The summed E-state index contributed by atoms with van der Waals surface area (Å²) in [7, 11) is 0. The number of aromatic nitrogens is 5. The zero-order valence-electron chi connectivity index (χ0n) is 18.9. The summed E-state index contributed by atoms with van der Waals surface area (Å²) in [5.41, 5.74) is 5.72. The number of nitrogen functional groups attached to an aromatic ring is 1. The first kappa shape index (κ1) is 21.3. The van der Waals surface area contributed by atoms with Crippen LogP contribution in [0.5, 0.6) is 0 Å². The van der Waals surface area contributed by atoms with Crippen LogP contribution in [0.4, 0.5) is 5.95 Å². The molecule has 4 N–H and O–H groups in total. The van der Waals surface area contributed by atoms with Crippen LogP contribution in [-0.2, 0) is 15.1 Å².